The molecular formula is C26H24N4O5. The van der Waals surface area contributed by atoms with Gasteiger partial charge in [-0.1, -0.05) is 18.2 Å². The van der Waals surface area contributed by atoms with Gasteiger partial charge in [0, 0.05) is 24.7 Å². The number of benzene rings is 2. The van der Waals surface area contributed by atoms with Crippen molar-refractivity contribution in [3.8, 4) is 11.5 Å². The number of hydrogen-bond donors (Lipinski definition) is 1. The molecule has 3 amide bonds. The summed E-state index contributed by atoms with van der Waals surface area (Å²) in [5, 5.41) is 2.80. The molecule has 0 fully saturated rings. The first kappa shape index (κ1) is 22.4. The van der Waals surface area contributed by atoms with Gasteiger partial charge in [0.1, 0.15) is 6.17 Å². The summed E-state index contributed by atoms with van der Waals surface area (Å²) >= 11 is 0. The lowest BCUT2D eigenvalue weighted by Gasteiger charge is -2.41. The standard InChI is InChI=1S/C26H24N4O5/c1-34-20-12-11-18-22(23(20)35-2)26(33)30-19-9-4-3-8-17(19)25(32)29(24(18)30)14-6-10-21(31)28-16-7-5-13-27-15-16/h3-5,7-9,11-13,15,24H,6,10,14H2,1-2H3,(H,28,31)/t24-/m1/s1. The van der Waals surface area contributed by atoms with Gasteiger partial charge >= 0.3 is 0 Å². The van der Waals surface area contributed by atoms with Crippen LogP contribution in [0.4, 0.5) is 11.4 Å². The molecule has 1 atom stereocenters. The van der Waals surface area contributed by atoms with E-state index in [-0.39, 0.29) is 30.7 Å². The van der Waals surface area contributed by atoms with E-state index >= 15 is 0 Å². The molecule has 0 bridgehead atoms. The summed E-state index contributed by atoms with van der Waals surface area (Å²) < 4.78 is 10.9. The van der Waals surface area contributed by atoms with Crippen LogP contribution in [0.5, 0.6) is 11.5 Å². The molecule has 2 aromatic carbocycles. The highest BCUT2D eigenvalue weighted by molar-refractivity contribution is 6.18. The van der Waals surface area contributed by atoms with Crippen molar-refractivity contribution in [3.05, 3.63) is 77.6 Å². The molecule has 9 nitrogen and oxygen atoms in total. The van der Waals surface area contributed by atoms with E-state index in [1.54, 1.807) is 70.7 Å². The van der Waals surface area contributed by atoms with Crippen LogP contribution in [0.3, 0.4) is 0 Å². The van der Waals surface area contributed by atoms with Crippen LogP contribution in [0.2, 0.25) is 0 Å². The molecule has 178 valence electrons. The maximum atomic E-state index is 13.7. The van der Waals surface area contributed by atoms with Crippen LogP contribution >= 0.6 is 0 Å². The molecule has 0 radical (unpaired) electrons. The summed E-state index contributed by atoms with van der Waals surface area (Å²) in [6, 6.07) is 14.1. The molecule has 5 rings (SSSR count). The Kier molecular flexibility index (Phi) is 5.82. The van der Waals surface area contributed by atoms with Crippen LogP contribution in [0.25, 0.3) is 0 Å². The molecule has 1 aromatic heterocycles. The number of pyridine rings is 1. The van der Waals surface area contributed by atoms with Gasteiger partial charge in [0.05, 0.1) is 42.9 Å². The molecule has 0 aliphatic carbocycles. The Hall–Kier alpha value is -4.40. The molecule has 35 heavy (non-hydrogen) atoms. The molecule has 3 aromatic rings. The zero-order valence-corrected chi connectivity index (χ0v) is 19.4. The lowest BCUT2D eigenvalue weighted by molar-refractivity contribution is -0.116. The van der Waals surface area contributed by atoms with Gasteiger partial charge in [-0.2, -0.15) is 0 Å². The average molecular weight is 473 g/mol. The summed E-state index contributed by atoms with van der Waals surface area (Å²) in [5.41, 5.74) is 2.64. The van der Waals surface area contributed by atoms with E-state index in [1.165, 1.54) is 14.2 Å². The summed E-state index contributed by atoms with van der Waals surface area (Å²) in [6.45, 7) is 0.288. The Bertz CT molecular complexity index is 1310. The van der Waals surface area contributed by atoms with Gasteiger partial charge in [-0.05, 0) is 36.8 Å². The zero-order chi connectivity index (χ0) is 24.5. The minimum Gasteiger partial charge on any atom is -0.493 e. The number of methoxy groups -OCH3 is 2. The number of para-hydroxylation sites is 1. The van der Waals surface area contributed by atoms with E-state index in [1.807, 2.05) is 0 Å². The molecule has 0 spiro atoms. The van der Waals surface area contributed by atoms with Crippen LogP contribution < -0.4 is 19.7 Å². The summed E-state index contributed by atoms with van der Waals surface area (Å²) in [7, 11) is 3.00. The molecular weight excluding hydrogens is 448 g/mol. The van der Waals surface area contributed by atoms with E-state index in [4.69, 9.17) is 9.47 Å². The van der Waals surface area contributed by atoms with Gasteiger partial charge in [-0.15, -0.1) is 0 Å². The number of carbonyl (C=O) groups is 3. The van der Waals surface area contributed by atoms with Crippen LogP contribution in [-0.2, 0) is 4.79 Å². The number of rotatable bonds is 7. The number of ether oxygens (including phenoxy) is 2. The fourth-order valence-corrected chi connectivity index (χ4v) is 4.72. The second-order valence-corrected chi connectivity index (χ2v) is 8.22. The Balaban J connectivity index is 1.45. The van der Waals surface area contributed by atoms with Crippen LogP contribution in [0, 0.1) is 0 Å². The van der Waals surface area contributed by atoms with Gasteiger partial charge in [-0.3, -0.25) is 24.3 Å². The lowest BCUT2D eigenvalue weighted by atomic mass is 10.0. The van der Waals surface area contributed by atoms with Crippen molar-refractivity contribution in [1.82, 2.24) is 9.88 Å². The average Bonchev–Trinajstić information content (AvgIpc) is 3.18. The van der Waals surface area contributed by atoms with Crippen molar-refractivity contribution >= 4 is 29.1 Å². The smallest absolute Gasteiger partial charge is 0.264 e. The van der Waals surface area contributed by atoms with E-state index in [9.17, 15) is 14.4 Å². The Morgan fingerprint density at radius 2 is 1.86 bits per heavy atom. The molecule has 0 saturated carbocycles. The number of aromatic nitrogens is 1. The van der Waals surface area contributed by atoms with Crippen molar-refractivity contribution in [2.45, 2.75) is 19.0 Å². The molecule has 2 aliphatic heterocycles. The van der Waals surface area contributed by atoms with Gasteiger partial charge in [0.15, 0.2) is 11.5 Å². The third-order valence-electron chi connectivity index (χ3n) is 6.23. The highest BCUT2D eigenvalue weighted by atomic mass is 16.5. The number of nitrogens with zero attached hydrogens (tertiary/aromatic N) is 3. The number of anilines is 2. The van der Waals surface area contributed by atoms with Gasteiger partial charge in [0.2, 0.25) is 5.91 Å². The first-order valence-corrected chi connectivity index (χ1v) is 11.2. The number of carbonyl (C=O) groups excluding carboxylic acids is 3. The zero-order valence-electron chi connectivity index (χ0n) is 19.4. The lowest BCUT2D eigenvalue weighted by Crippen LogP contribution is -2.48. The molecule has 9 heteroatoms. The SMILES string of the molecule is COc1ccc2c(c1OC)C(=O)N1c3ccccc3C(=O)N(CCCC(=O)Nc3cccnc3)[C@@H]21. The Morgan fingerprint density at radius 1 is 1.03 bits per heavy atom. The van der Waals surface area contributed by atoms with E-state index in [2.05, 4.69) is 10.3 Å². The maximum absolute atomic E-state index is 13.7. The second kappa shape index (κ2) is 9.09. The van der Waals surface area contributed by atoms with Crippen LogP contribution in [0.15, 0.2) is 60.9 Å². The first-order chi connectivity index (χ1) is 17.0. The van der Waals surface area contributed by atoms with Crippen molar-refractivity contribution in [2.24, 2.45) is 0 Å². The molecule has 0 saturated heterocycles. The minimum absolute atomic E-state index is 0.172. The van der Waals surface area contributed by atoms with Crippen molar-refractivity contribution in [2.75, 3.05) is 31.0 Å². The van der Waals surface area contributed by atoms with E-state index < -0.39 is 6.17 Å². The van der Waals surface area contributed by atoms with Crippen molar-refractivity contribution in [1.29, 1.82) is 0 Å². The Morgan fingerprint density at radius 3 is 2.60 bits per heavy atom. The minimum atomic E-state index is -0.638. The van der Waals surface area contributed by atoms with Gasteiger partial charge < -0.3 is 19.7 Å². The summed E-state index contributed by atoms with van der Waals surface area (Å²) in [6.07, 6.45) is 3.19. The maximum Gasteiger partial charge on any atom is 0.264 e. The third-order valence-corrected chi connectivity index (χ3v) is 6.23. The Labute approximate surface area is 202 Å². The summed E-state index contributed by atoms with van der Waals surface area (Å²) in [4.78, 5) is 46.9. The molecule has 0 unspecified atom stereocenters. The fourth-order valence-electron chi connectivity index (χ4n) is 4.72. The second-order valence-electron chi connectivity index (χ2n) is 8.22. The topological polar surface area (TPSA) is 101 Å². The molecule has 2 aliphatic rings. The fraction of sp³-hybridized carbons (Fsp3) is 0.231. The summed E-state index contributed by atoms with van der Waals surface area (Å²) in [5.74, 6) is 0.154. The van der Waals surface area contributed by atoms with Crippen molar-refractivity contribution in [3.63, 3.8) is 0 Å². The third kappa shape index (κ3) is 3.74. The normalized spacial score (nSPS) is 15.9. The van der Waals surface area contributed by atoms with Crippen molar-refractivity contribution < 1.29 is 23.9 Å². The number of nitrogens with one attached hydrogen (secondary N) is 1. The first-order valence-electron chi connectivity index (χ1n) is 11.2. The van der Waals surface area contributed by atoms with E-state index in [0.717, 1.165) is 0 Å². The predicted octanol–water partition coefficient (Wildman–Crippen LogP) is 3.63. The van der Waals surface area contributed by atoms with Gasteiger partial charge in [0.25, 0.3) is 11.8 Å². The predicted molar refractivity (Wildman–Crippen MR) is 129 cm³/mol. The number of amides is 3. The van der Waals surface area contributed by atoms with Gasteiger partial charge in [-0.25, -0.2) is 0 Å². The number of fused-ring (bicyclic) bond motifs is 5. The highest BCUT2D eigenvalue weighted by Crippen LogP contribution is 2.49. The van der Waals surface area contributed by atoms with Crippen LogP contribution in [-0.4, -0.2) is 48.4 Å². The quantitative estimate of drug-likeness (QED) is 0.564. The largest absolute Gasteiger partial charge is 0.493 e. The highest BCUT2D eigenvalue weighted by Gasteiger charge is 2.49. The molecule has 3 heterocycles. The van der Waals surface area contributed by atoms with E-state index in [0.29, 0.717) is 46.0 Å². The van der Waals surface area contributed by atoms with Crippen LogP contribution in [0.1, 0.15) is 45.3 Å². The molecule has 1 N–H and O–H groups in total. The number of hydrogen-bond acceptors (Lipinski definition) is 6. The monoisotopic (exact) mass is 472 g/mol.